The van der Waals surface area contributed by atoms with Crippen molar-refractivity contribution < 1.29 is 42.2 Å². The molecule has 4 aromatic carbocycles. The van der Waals surface area contributed by atoms with Crippen LogP contribution in [-0.4, -0.2) is 3.81 Å². The molecule has 0 bridgehead atoms. The third-order valence-electron chi connectivity index (χ3n) is 8.76. The first-order valence-corrected chi connectivity index (χ1v) is 17.3. The van der Waals surface area contributed by atoms with E-state index in [4.69, 9.17) is 0 Å². The summed E-state index contributed by atoms with van der Waals surface area (Å²) in [6, 6.07) is 33.5. The molecule has 0 amide bonds. The van der Waals surface area contributed by atoms with Crippen molar-refractivity contribution in [3.63, 3.8) is 0 Å². The summed E-state index contributed by atoms with van der Waals surface area (Å²) in [6.07, 6.45) is 8.20. The minimum absolute atomic E-state index is 0. The molecule has 0 spiro atoms. The molecule has 0 unspecified atom stereocenters. The van der Waals surface area contributed by atoms with E-state index in [9.17, 15) is 0 Å². The molecule has 6 rings (SSSR count). The normalized spacial score (nSPS) is 13.2. The van der Waals surface area contributed by atoms with Gasteiger partial charge in [-0.15, -0.1) is 0 Å². The number of benzene rings is 4. The average molecular weight is 628 g/mol. The molecule has 2 aliphatic carbocycles. The summed E-state index contributed by atoms with van der Waals surface area (Å²) in [7, 11) is 0. The van der Waals surface area contributed by atoms with Gasteiger partial charge in [-0.25, -0.2) is 0 Å². The Hall–Kier alpha value is -2.48. The zero-order valence-electron chi connectivity index (χ0n) is 25.5. The molecule has 3 heteroatoms. The Morgan fingerprint density at radius 1 is 0.643 bits per heavy atom. The van der Waals surface area contributed by atoms with E-state index in [0.29, 0.717) is 16.1 Å². The van der Waals surface area contributed by atoms with Crippen LogP contribution in [0.1, 0.15) is 94.7 Å². The van der Waals surface area contributed by atoms with Gasteiger partial charge in [-0.05, 0) is 0 Å². The Bertz CT molecular complexity index is 1560. The van der Waals surface area contributed by atoms with Crippen molar-refractivity contribution in [3.8, 4) is 11.1 Å². The third-order valence-corrected chi connectivity index (χ3v) is 14.0. The molecule has 0 fully saturated rings. The van der Waals surface area contributed by atoms with Crippen LogP contribution in [0.4, 0.5) is 0 Å². The largest absolute Gasteiger partial charge is 1.00 e. The van der Waals surface area contributed by atoms with Crippen LogP contribution in [-0.2, 0) is 17.4 Å². The van der Waals surface area contributed by atoms with Gasteiger partial charge in [0, 0.05) is 0 Å². The zero-order valence-corrected chi connectivity index (χ0v) is 28.6. The fourth-order valence-electron chi connectivity index (χ4n) is 6.37. The summed E-state index contributed by atoms with van der Waals surface area (Å²) in [6.45, 7) is 13.6. The summed E-state index contributed by atoms with van der Waals surface area (Å²) < 4.78 is 3.69. The first-order valence-electron chi connectivity index (χ1n) is 14.8. The molecule has 214 valence electrons. The summed E-state index contributed by atoms with van der Waals surface area (Å²) in [4.78, 5) is 0. The molecule has 0 saturated carbocycles. The number of aryl methyl sites for hydroxylation is 2. The van der Waals surface area contributed by atoms with Crippen LogP contribution in [0, 0.1) is 13.8 Å². The molecule has 0 N–H and O–H groups in total. The quantitative estimate of drug-likeness (QED) is 0.279. The van der Waals surface area contributed by atoms with Gasteiger partial charge in [0.15, 0.2) is 0 Å². The van der Waals surface area contributed by atoms with E-state index in [2.05, 4.69) is 145 Å². The summed E-state index contributed by atoms with van der Waals surface area (Å²) >= 11 is -2.18. The van der Waals surface area contributed by atoms with Gasteiger partial charge >= 0.3 is 248 Å². The molecule has 0 nitrogen and oxygen atoms in total. The molecule has 0 aromatic heterocycles. The van der Waals surface area contributed by atoms with Gasteiger partial charge in [0.05, 0.1) is 0 Å². The van der Waals surface area contributed by atoms with Crippen LogP contribution < -0.4 is 24.8 Å². The van der Waals surface area contributed by atoms with E-state index in [-0.39, 0.29) is 24.8 Å². The van der Waals surface area contributed by atoms with Crippen molar-refractivity contribution in [2.45, 2.75) is 64.0 Å². The summed E-state index contributed by atoms with van der Waals surface area (Å²) in [5.41, 5.74) is 14.3. The topological polar surface area (TPSA) is 0 Å². The van der Waals surface area contributed by atoms with Crippen LogP contribution in [0.15, 0.2) is 107 Å². The van der Waals surface area contributed by atoms with Crippen molar-refractivity contribution in [2.75, 3.05) is 0 Å². The van der Waals surface area contributed by atoms with Crippen molar-refractivity contribution in [1.29, 1.82) is 0 Å². The second-order valence-corrected chi connectivity index (χ2v) is 16.3. The fraction of sp³-hybridized carbons (Fsp3) is 0.256. The molecule has 42 heavy (non-hydrogen) atoms. The average Bonchev–Trinajstić information content (AvgIpc) is 3.59. The standard InChI is InChI=1S/C19H21.C15H14.C5H5.2ClH.Ti/c1-12(2)14-5-7-16-9-17-8-6-15(13(3)4)11-19(17)18(16)10-14;1-12-3-7-14(8-4-12)11-15-9-5-13(2)6-10-15;1-2-4-5-3-1;;;/h5-13H,1-4H3;3-10H,1-2H3;1-3H,4H2;2*1H;/q;;;;;+2/p-2. The van der Waals surface area contributed by atoms with E-state index in [1.54, 1.807) is 18.8 Å². The van der Waals surface area contributed by atoms with Crippen molar-refractivity contribution >= 4 is 3.81 Å². The first-order chi connectivity index (χ1) is 19.3. The maximum absolute atomic E-state index is 2.51. The summed E-state index contributed by atoms with van der Waals surface area (Å²) in [5.74, 6) is 1.03. The maximum Gasteiger partial charge on any atom is -1.00 e. The van der Waals surface area contributed by atoms with Crippen LogP contribution >= 0.6 is 0 Å². The predicted molar refractivity (Wildman–Crippen MR) is 169 cm³/mol. The minimum atomic E-state index is -2.18. The molecule has 2 aliphatic rings. The van der Waals surface area contributed by atoms with Crippen LogP contribution in [0.25, 0.3) is 11.1 Å². The van der Waals surface area contributed by atoms with Crippen LogP contribution in [0.5, 0.6) is 0 Å². The van der Waals surface area contributed by atoms with E-state index in [1.165, 1.54) is 44.5 Å². The molecule has 0 atom stereocenters. The van der Waals surface area contributed by atoms with Gasteiger partial charge in [0.25, 0.3) is 0 Å². The van der Waals surface area contributed by atoms with Crippen LogP contribution in [0.2, 0.25) is 0 Å². The predicted octanol–water partition coefficient (Wildman–Crippen LogP) is 4.36. The van der Waals surface area contributed by atoms with Gasteiger partial charge in [0.1, 0.15) is 0 Å². The fourth-order valence-corrected chi connectivity index (χ4v) is 12.1. The molecule has 0 heterocycles. The van der Waals surface area contributed by atoms with E-state index in [0.717, 1.165) is 6.42 Å². The van der Waals surface area contributed by atoms with Crippen molar-refractivity contribution in [1.82, 2.24) is 0 Å². The van der Waals surface area contributed by atoms with Crippen molar-refractivity contribution in [3.05, 3.63) is 152 Å². The van der Waals surface area contributed by atoms with Gasteiger partial charge in [0.2, 0.25) is 0 Å². The molecular formula is C39H40Cl2Ti. The number of halogens is 2. The number of hydrogen-bond donors (Lipinski definition) is 0. The Balaban J connectivity index is 0.00000202. The third kappa shape index (κ3) is 6.11. The molecular weight excluding hydrogens is 587 g/mol. The number of fused-ring (bicyclic) bond motifs is 3. The first kappa shape index (κ1) is 32.4. The van der Waals surface area contributed by atoms with Crippen molar-refractivity contribution in [2.24, 2.45) is 0 Å². The maximum atomic E-state index is 2.51. The smallest absolute Gasteiger partial charge is 1.00 e. The minimum Gasteiger partial charge on any atom is -1.00 e. The van der Waals surface area contributed by atoms with Gasteiger partial charge in [-0.3, -0.25) is 0 Å². The van der Waals surface area contributed by atoms with E-state index in [1.807, 2.05) is 0 Å². The Labute approximate surface area is 271 Å². The Kier molecular flexibility index (Phi) is 10.4. The van der Waals surface area contributed by atoms with E-state index < -0.39 is 17.4 Å². The van der Waals surface area contributed by atoms with Gasteiger partial charge < -0.3 is 24.8 Å². The number of rotatable bonds is 6. The number of allylic oxidation sites excluding steroid dienone is 4. The molecule has 4 aromatic rings. The van der Waals surface area contributed by atoms with Crippen LogP contribution in [0.3, 0.4) is 0 Å². The zero-order chi connectivity index (χ0) is 28.0. The Morgan fingerprint density at radius 2 is 1.10 bits per heavy atom. The molecule has 0 aliphatic heterocycles. The SMILES string of the molecule is Cc1ccc([C](c2ccc(C)cc2)=[Ti+2]([C]2=CC=CC2)[CH]2c3ccc(C(C)C)cc3-c3cc(C(C)C)ccc32)cc1.[Cl-].[Cl-]. The second kappa shape index (κ2) is 13.4. The number of hydrogen-bond acceptors (Lipinski definition) is 0. The van der Waals surface area contributed by atoms with E-state index >= 15 is 0 Å². The van der Waals surface area contributed by atoms with Gasteiger partial charge in [-0.2, -0.15) is 0 Å². The monoisotopic (exact) mass is 626 g/mol. The second-order valence-electron chi connectivity index (χ2n) is 12.3. The summed E-state index contributed by atoms with van der Waals surface area (Å²) in [5, 5.41) is 0. The Morgan fingerprint density at radius 3 is 1.48 bits per heavy atom. The molecule has 0 saturated heterocycles. The van der Waals surface area contributed by atoms with Gasteiger partial charge in [-0.1, -0.05) is 0 Å². The molecule has 0 radical (unpaired) electrons.